The Kier molecular flexibility index (Phi) is 5.61. The molecule has 3 rings (SSSR count). The summed E-state index contributed by atoms with van der Waals surface area (Å²) in [7, 11) is 0. The number of nitrogens with one attached hydrogen (secondary N) is 3. The van der Waals surface area contributed by atoms with Gasteiger partial charge < -0.3 is 20.4 Å². The number of carbonyl (C=O) groups excluding carboxylic acids is 2. The number of unbranched alkanes of at least 4 members (excludes halogenated alkanes) is 1. The molecular weight excluding hydrogens is 338 g/mol. The number of aryl methyl sites for hydroxylation is 2. The zero-order chi connectivity index (χ0) is 18.0. The predicted molar refractivity (Wildman–Crippen MR) is 98.7 cm³/mol. The lowest BCUT2D eigenvalue weighted by Crippen LogP contribution is -2.36. The van der Waals surface area contributed by atoms with Crippen LogP contribution in [0, 0.1) is 13.8 Å². The first-order valence-corrected chi connectivity index (χ1v) is 10.0. The Hall–Kier alpha value is -1.63. The molecule has 3 N–H and O–H groups in total. The Morgan fingerprint density at radius 1 is 1.40 bits per heavy atom. The second kappa shape index (κ2) is 7.72. The summed E-state index contributed by atoms with van der Waals surface area (Å²) in [4.78, 5) is 23.5. The average Bonchev–Trinajstić information content (AvgIpc) is 3.18. The maximum Gasteiger partial charge on any atom is 0.315 e. The van der Waals surface area contributed by atoms with Crippen LogP contribution in [-0.2, 0) is 4.79 Å². The summed E-state index contributed by atoms with van der Waals surface area (Å²) in [5, 5.41) is 9.47. The predicted octanol–water partition coefficient (Wildman–Crippen LogP) is 2.80. The van der Waals surface area contributed by atoms with Gasteiger partial charge in [0.15, 0.2) is 0 Å². The topological polar surface area (TPSA) is 83.4 Å². The molecule has 2 fully saturated rings. The number of amides is 3. The van der Waals surface area contributed by atoms with Gasteiger partial charge in [-0.2, -0.15) is 11.8 Å². The molecule has 1 aromatic heterocycles. The monoisotopic (exact) mass is 365 g/mol. The van der Waals surface area contributed by atoms with E-state index in [1.165, 1.54) is 0 Å². The van der Waals surface area contributed by atoms with Gasteiger partial charge in [0, 0.05) is 23.0 Å². The molecule has 3 amide bonds. The van der Waals surface area contributed by atoms with Crippen molar-refractivity contribution in [2.45, 2.75) is 69.8 Å². The number of hydrogen-bond donors (Lipinski definition) is 3. The van der Waals surface area contributed by atoms with Gasteiger partial charge in [-0.25, -0.2) is 4.79 Å². The van der Waals surface area contributed by atoms with Gasteiger partial charge in [0.05, 0.1) is 18.1 Å². The highest BCUT2D eigenvalue weighted by atomic mass is 32.2. The molecule has 4 atom stereocenters. The lowest BCUT2D eigenvalue weighted by Gasteiger charge is -2.17. The van der Waals surface area contributed by atoms with Crippen LogP contribution in [0.2, 0.25) is 0 Å². The van der Waals surface area contributed by atoms with Crippen molar-refractivity contribution in [2.75, 3.05) is 5.75 Å². The van der Waals surface area contributed by atoms with Crippen LogP contribution in [0.25, 0.3) is 0 Å². The fraction of sp³-hybridized carbons (Fsp3) is 0.667. The van der Waals surface area contributed by atoms with Crippen molar-refractivity contribution in [2.24, 2.45) is 0 Å². The largest absolute Gasteiger partial charge is 0.466 e. The van der Waals surface area contributed by atoms with Crippen LogP contribution in [0.15, 0.2) is 10.5 Å². The van der Waals surface area contributed by atoms with E-state index in [-0.39, 0.29) is 30.1 Å². The molecule has 0 bridgehead atoms. The molecule has 0 aliphatic carbocycles. The highest BCUT2D eigenvalue weighted by Gasteiger charge is 2.42. The molecule has 2 saturated heterocycles. The minimum absolute atomic E-state index is 0.0316. The third-order valence-corrected chi connectivity index (χ3v) is 6.51. The number of thioether (sulfide) groups is 1. The maximum atomic E-state index is 12.2. The van der Waals surface area contributed by atoms with Gasteiger partial charge in [-0.3, -0.25) is 4.79 Å². The molecule has 3 heterocycles. The Balaban J connectivity index is 1.36. The quantitative estimate of drug-likeness (QED) is 0.512. The Labute approximate surface area is 152 Å². The smallest absolute Gasteiger partial charge is 0.315 e. The molecule has 0 radical (unpaired) electrons. The Bertz CT molecular complexity index is 646. The fourth-order valence-corrected chi connectivity index (χ4v) is 5.29. The van der Waals surface area contributed by atoms with Gasteiger partial charge in [0.1, 0.15) is 11.5 Å². The second-order valence-corrected chi connectivity index (χ2v) is 8.30. The van der Waals surface area contributed by atoms with E-state index in [9.17, 15) is 9.59 Å². The zero-order valence-electron chi connectivity index (χ0n) is 15.1. The Morgan fingerprint density at radius 2 is 2.20 bits per heavy atom. The molecule has 138 valence electrons. The summed E-state index contributed by atoms with van der Waals surface area (Å²) in [5.74, 6) is 2.80. The van der Waals surface area contributed by atoms with Crippen LogP contribution in [-0.4, -0.2) is 35.0 Å². The molecule has 0 spiro atoms. The van der Waals surface area contributed by atoms with Crippen LogP contribution in [0.3, 0.4) is 0 Å². The van der Waals surface area contributed by atoms with Gasteiger partial charge in [-0.05, 0) is 39.7 Å². The van der Waals surface area contributed by atoms with E-state index in [1.807, 2.05) is 38.6 Å². The molecule has 2 aliphatic heterocycles. The van der Waals surface area contributed by atoms with Crippen molar-refractivity contribution >= 4 is 23.7 Å². The highest BCUT2D eigenvalue weighted by molar-refractivity contribution is 8.00. The second-order valence-electron chi connectivity index (χ2n) is 7.03. The maximum absolute atomic E-state index is 12.2. The van der Waals surface area contributed by atoms with Crippen LogP contribution in [0.1, 0.15) is 55.7 Å². The molecule has 0 aromatic carbocycles. The SMILES string of the molecule is Cc1cc(C(C)NC(=O)CCCC[C@@H]2SC[C@@H]3NC(=O)N[C@@H]32)c(C)o1. The van der Waals surface area contributed by atoms with E-state index in [1.54, 1.807) is 0 Å². The van der Waals surface area contributed by atoms with E-state index in [2.05, 4.69) is 16.0 Å². The standard InChI is InChI=1S/C18H27N3O3S/c1-10-8-13(12(3)24-10)11(2)19-16(22)7-5-4-6-15-17-14(9-25-15)20-18(23)21-17/h8,11,14-15,17H,4-7,9H2,1-3H3,(H,19,22)(H2,20,21,23)/t11?,14-,15-,17-/m0/s1. The van der Waals surface area contributed by atoms with E-state index < -0.39 is 0 Å². The summed E-state index contributed by atoms with van der Waals surface area (Å²) < 4.78 is 5.53. The number of carbonyl (C=O) groups is 2. The van der Waals surface area contributed by atoms with Crippen molar-refractivity contribution in [3.05, 3.63) is 23.2 Å². The molecule has 2 aliphatic rings. The molecule has 1 unspecified atom stereocenters. The summed E-state index contributed by atoms with van der Waals surface area (Å²) in [6, 6.07) is 2.43. The fourth-order valence-electron chi connectivity index (χ4n) is 3.75. The van der Waals surface area contributed by atoms with Gasteiger partial charge in [0.25, 0.3) is 0 Å². The van der Waals surface area contributed by atoms with E-state index in [4.69, 9.17) is 4.42 Å². The minimum Gasteiger partial charge on any atom is -0.466 e. The molecule has 0 saturated carbocycles. The first-order valence-electron chi connectivity index (χ1n) is 8.99. The van der Waals surface area contributed by atoms with Crippen LogP contribution in [0.4, 0.5) is 4.79 Å². The molecule has 6 nitrogen and oxygen atoms in total. The third kappa shape index (κ3) is 4.32. The van der Waals surface area contributed by atoms with Crippen molar-refractivity contribution in [1.82, 2.24) is 16.0 Å². The zero-order valence-corrected chi connectivity index (χ0v) is 15.9. The summed E-state index contributed by atoms with van der Waals surface area (Å²) in [6.45, 7) is 5.83. The average molecular weight is 365 g/mol. The lowest BCUT2D eigenvalue weighted by molar-refractivity contribution is -0.121. The highest BCUT2D eigenvalue weighted by Crippen LogP contribution is 2.33. The van der Waals surface area contributed by atoms with Gasteiger partial charge in [-0.15, -0.1) is 0 Å². The number of hydrogen-bond acceptors (Lipinski definition) is 4. The first-order chi connectivity index (χ1) is 11.9. The number of furan rings is 1. The van der Waals surface area contributed by atoms with E-state index in [0.717, 1.165) is 42.1 Å². The summed E-state index contributed by atoms with van der Waals surface area (Å²) in [6.07, 6.45) is 3.45. The summed E-state index contributed by atoms with van der Waals surface area (Å²) >= 11 is 1.92. The first kappa shape index (κ1) is 18.2. The van der Waals surface area contributed by atoms with Crippen molar-refractivity contribution in [1.29, 1.82) is 0 Å². The van der Waals surface area contributed by atoms with Gasteiger partial charge in [0.2, 0.25) is 5.91 Å². The van der Waals surface area contributed by atoms with Crippen molar-refractivity contribution < 1.29 is 14.0 Å². The third-order valence-electron chi connectivity index (χ3n) is 5.00. The van der Waals surface area contributed by atoms with Crippen LogP contribution < -0.4 is 16.0 Å². The van der Waals surface area contributed by atoms with Crippen LogP contribution in [0.5, 0.6) is 0 Å². The molecule has 25 heavy (non-hydrogen) atoms. The Morgan fingerprint density at radius 3 is 2.92 bits per heavy atom. The number of fused-ring (bicyclic) bond motifs is 1. The molecular formula is C18H27N3O3S. The normalized spacial score (nSPS) is 26.0. The van der Waals surface area contributed by atoms with Gasteiger partial charge >= 0.3 is 6.03 Å². The van der Waals surface area contributed by atoms with E-state index >= 15 is 0 Å². The van der Waals surface area contributed by atoms with Crippen LogP contribution >= 0.6 is 11.8 Å². The summed E-state index contributed by atoms with van der Waals surface area (Å²) in [5.41, 5.74) is 1.05. The lowest BCUT2D eigenvalue weighted by atomic mass is 10.0. The number of rotatable bonds is 7. The molecule has 1 aromatic rings. The van der Waals surface area contributed by atoms with E-state index in [0.29, 0.717) is 11.7 Å². The van der Waals surface area contributed by atoms with Gasteiger partial charge in [-0.1, -0.05) is 6.42 Å². The molecule has 7 heteroatoms. The van der Waals surface area contributed by atoms with Crippen molar-refractivity contribution in [3.63, 3.8) is 0 Å². The minimum atomic E-state index is -0.0431. The van der Waals surface area contributed by atoms with Crippen molar-refractivity contribution in [3.8, 4) is 0 Å². The number of urea groups is 1.